The zero-order valence-electron chi connectivity index (χ0n) is 33.4. The quantitative estimate of drug-likeness (QED) is 0.250. The maximum Gasteiger partial charge on any atom is 0.408 e. The average Bonchev–Trinajstić information content (AvgIpc) is 3.99. The van der Waals surface area contributed by atoms with Crippen molar-refractivity contribution in [3.05, 3.63) is 54.6 Å². The summed E-state index contributed by atoms with van der Waals surface area (Å²) in [5.74, 6) is -2.63. The van der Waals surface area contributed by atoms with Gasteiger partial charge in [0.1, 0.15) is 35.6 Å². The van der Waals surface area contributed by atoms with Crippen molar-refractivity contribution >= 4 is 50.7 Å². The van der Waals surface area contributed by atoms with E-state index in [0.717, 1.165) is 44.9 Å². The third-order valence-electron chi connectivity index (χ3n) is 13.0. The van der Waals surface area contributed by atoms with E-state index in [1.165, 1.54) is 17.9 Å². The fourth-order valence-corrected chi connectivity index (χ4v) is 10.9. The van der Waals surface area contributed by atoms with Crippen LogP contribution in [0.4, 0.5) is 4.79 Å². The van der Waals surface area contributed by atoms with Gasteiger partial charge < -0.3 is 29.7 Å². The van der Waals surface area contributed by atoms with Crippen LogP contribution in [0.2, 0.25) is 0 Å². The number of pyridine rings is 1. The summed E-state index contributed by atoms with van der Waals surface area (Å²) in [6, 6.07) is 5.07. The van der Waals surface area contributed by atoms with Crippen LogP contribution in [0.3, 0.4) is 0 Å². The molecule has 6 aliphatic rings. The zero-order chi connectivity index (χ0) is 41.5. The van der Waals surface area contributed by atoms with Gasteiger partial charge in [-0.25, -0.2) is 18.2 Å². The van der Waals surface area contributed by atoms with Crippen LogP contribution < -0.4 is 24.8 Å². The van der Waals surface area contributed by atoms with E-state index >= 15 is 0 Å². The van der Waals surface area contributed by atoms with Gasteiger partial charge in [-0.15, -0.1) is 6.58 Å². The molecule has 0 spiro atoms. The van der Waals surface area contributed by atoms with Crippen molar-refractivity contribution < 1.29 is 46.6 Å². The lowest BCUT2D eigenvalue weighted by atomic mass is 9.96. The van der Waals surface area contributed by atoms with E-state index < -0.39 is 74.7 Å². The highest BCUT2D eigenvalue weighted by atomic mass is 32.2. The second-order valence-corrected chi connectivity index (χ2v) is 19.0. The first-order valence-electron chi connectivity index (χ1n) is 21.1. The molecule has 316 valence electrons. The SMILES string of the molecule is C=C[C@@H]1C[C@]1(NC(=O)[C@@H]1C[C@@H]2CN1C(=O)[C@H](C1CCCC1)NC(=O)O[C@@H]1CCC[C@H]1CCC=CCc1c(nc3ccccc3c1OC(C)=O)O2)C(=O)NS(=O)(=O)C1CC1. The van der Waals surface area contributed by atoms with Crippen molar-refractivity contribution in [3.8, 4) is 11.6 Å². The van der Waals surface area contributed by atoms with Crippen molar-refractivity contribution in [2.24, 2.45) is 17.8 Å². The highest BCUT2D eigenvalue weighted by Gasteiger charge is 2.62. The Balaban J connectivity index is 1.17. The highest BCUT2D eigenvalue weighted by molar-refractivity contribution is 7.91. The zero-order valence-corrected chi connectivity index (χ0v) is 34.2. The van der Waals surface area contributed by atoms with E-state index in [4.69, 9.17) is 19.2 Å². The van der Waals surface area contributed by atoms with E-state index in [0.29, 0.717) is 54.3 Å². The largest absolute Gasteiger partial charge is 0.472 e. The predicted molar refractivity (Wildman–Crippen MR) is 215 cm³/mol. The number of benzene rings is 1. The number of allylic oxidation sites excluding steroid dienone is 2. The molecule has 3 N–H and O–H groups in total. The summed E-state index contributed by atoms with van der Waals surface area (Å²) >= 11 is 0. The second-order valence-electron chi connectivity index (χ2n) is 17.1. The molecule has 2 bridgehead atoms. The van der Waals surface area contributed by atoms with E-state index in [-0.39, 0.29) is 43.2 Å². The Labute approximate surface area is 344 Å². The first kappa shape index (κ1) is 40.8. The number of carbonyl (C=O) groups is 5. The minimum absolute atomic E-state index is 0.0212. The number of carbonyl (C=O) groups excluding carboxylic acids is 5. The van der Waals surface area contributed by atoms with E-state index in [9.17, 15) is 32.4 Å². The lowest BCUT2D eigenvalue weighted by Gasteiger charge is -2.32. The Hall–Kier alpha value is -4.99. The number of hydrogen-bond donors (Lipinski definition) is 3. The normalized spacial score (nSPS) is 30.2. The molecule has 2 aromatic rings. The van der Waals surface area contributed by atoms with Crippen LogP contribution in [0.1, 0.15) is 96.0 Å². The van der Waals surface area contributed by atoms with Gasteiger partial charge in [0.25, 0.3) is 5.91 Å². The van der Waals surface area contributed by atoms with Crippen LogP contribution in [-0.2, 0) is 40.4 Å². The molecule has 8 rings (SSSR count). The molecule has 5 fully saturated rings. The number of amides is 4. The molecule has 1 aromatic heterocycles. The molecule has 4 aliphatic carbocycles. The molecule has 15 nitrogen and oxygen atoms in total. The summed E-state index contributed by atoms with van der Waals surface area (Å²) < 4.78 is 46.4. The van der Waals surface area contributed by atoms with Crippen molar-refractivity contribution in [2.75, 3.05) is 6.54 Å². The molecule has 1 aromatic carbocycles. The van der Waals surface area contributed by atoms with Crippen molar-refractivity contribution in [1.82, 2.24) is 25.2 Å². The minimum Gasteiger partial charge on any atom is -0.472 e. The number of esters is 1. The summed E-state index contributed by atoms with van der Waals surface area (Å²) in [4.78, 5) is 75.6. The van der Waals surface area contributed by atoms with Crippen LogP contribution in [0.25, 0.3) is 10.9 Å². The van der Waals surface area contributed by atoms with Gasteiger partial charge in [-0.05, 0) is 94.6 Å². The van der Waals surface area contributed by atoms with Gasteiger partial charge >= 0.3 is 12.1 Å². The first-order valence-corrected chi connectivity index (χ1v) is 22.6. The fraction of sp³-hybridized carbons (Fsp3) is 0.581. The Morgan fingerprint density at radius 2 is 1.76 bits per heavy atom. The maximum absolute atomic E-state index is 14.9. The van der Waals surface area contributed by atoms with E-state index in [2.05, 4.69) is 28.0 Å². The fourth-order valence-electron chi connectivity index (χ4n) is 9.56. The van der Waals surface area contributed by atoms with Gasteiger partial charge in [-0.3, -0.25) is 23.9 Å². The molecule has 1 saturated heterocycles. The lowest BCUT2D eigenvalue weighted by molar-refractivity contribution is -0.142. The summed E-state index contributed by atoms with van der Waals surface area (Å²) in [6.07, 6.45) is 12.3. The third-order valence-corrected chi connectivity index (χ3v) is 14.8. The molecule has 2 aliphatic heterocycles. The Morgan fingerprint density at radius 3 is 2.49 bits per heavy atom. The molecule has 0 unspecified atom stereocenters. The van der Waals surface area contributed by atoms with Gasteiger partial charge in [-0.2, -0.15) is 0 Å². The number of aromatic nitrogens is 1. The smallest absolute Gasteiger partial charge is 0.408 e. The molecule has 16 heteroatoms. The van der Waals surface area contributed by atoms with Gasteiger partial charge in [0, 0.05) is 24.6 Å². The molecular weight excluding hydrogens is 779 g/mol. The van der Waals surface area contributed by atoms with E-state index in [1.54, 1.807) is 6.07 Å². The number of sulfonamides is 1. The van der Waals surface area contributed by atoms with Crippen LogP contribution in [0, 0.1) is 17.8 Å². The molecular formula is C43H53N5O10S. The molecule has 4 saturated carbocycles. The van der Waals surface area contributed by atoms with Gasteiger partial charge in [0.05, 0.1) is 22.9 Å². The predicted octanol–water partition coefficient (Wildman–Crippen LogP) is 4.52. The highest BCUT2D eigenvalue weighted by Crippen LogP contribution is 2.46. The minimum atomic E-state index is -3.93. The molecule has 7 atom stereocenters. The van der Waals surface area contributed by atoms with E-state index in [1.807, 2.05) is 24.3 Å². The number of fused-ring (bicyclic) bond motifs is 5. The van der Waals surface area contributed by atoms with Crippen molar-refractivity contribution in [3.63, 3.8) is 0 Å². The van der Waals surface area contributed by atoms with Crippen LogP contribution >= 0.6 is 0 Å². The topological polar surface area (TPSA) is 199 Å². The third kappa shape index (κ3) is 8.55. The number of para-hydroxylation sites is 1. The molecule has 0 radical (unpaired) electrons. The number of nitrogens with one attached hydrogen (secondary N) is 3. The Bertz CT molecular complexity index is 2170. The van der Waals surface area contributed by atoms with Crippen molar-refractivity contribution in [2.45, 2.75) is 132 Å². The summed E-state index contributed by atoms with van der Waals surface area (Å²) in [5.41, 5.74) is -0.535. The second kappa shape index (κ2) is 16.6. The summed E-state index contributed by atoms with van der Waals surface area (Å²) in [7, 11) is -3.93. The molecule has 59 heavy (non-hydrogen) atoms. The Morgan fingerprint density at radius 1 is 1.00 bits per heavy atom. The monoisotopic (exact) mass is 831 g/mol. The maximum atomic E-state index is 14.9. The van der Waals surface area contributed by atoms with Crippen molar-refractivity contribution in [1.29, 1.82) is 0 Å². The first-order chi connectivity index (χ1) is 28.4. The number of rotatable bonds is 8. The standard InChI is InChI=1S/C43H53N5O10S/c1-3-28-23-43(28,41(52)47-59(54,55)30-20-21-30)46-38(50)34-22-29-24-48(34)40(51)36(27-13-7-8-14-27)45-42(53)58-35-19-11-15-26(35)12-5-4-6-17-32-37(56-25(2)49)31-16-9-10-18-33(31)44-39(32)57-29/h3-4,6,9-10,16,18,26-30,34-36H,1,5,7-8,11-15,17,19-24H2,2H3,(H,45,53)(H,46,50)(H,47,52)/t26-,28-,29-,34+,35-,36+,43-/m1/s1. The average molecular weight is 832 g/mol. The van der Waals surface area contributed by atoms with Crippen LogP contribution in [-0.4, -0.2) is 89.7 Å². The number of alkyl carbamates (subject to hydrolysis) is 1. The molecule has 3 heterocycles. The van der Waals surface area contributed by atoms with Crippen LogP contribution in [0.5, 0.6) is 11.6 Å². The number of ether oxygens (including phenoxy) is 3. The Kier molecular flexibility index (Phi) is 11.5. The summed E-state index contributed by atoms with van der Waals surface area (Å²) in [6.45, 7) is 5.06. The summed E-state index contributed by atoms with van der Waals surface area (Å²) in [5, 5.41) is 5.72. The van der Waals surface area contributed by atoms with Gasteiger partial charge in [0.2, 0.25) is 27.7 Å². The van der Waals surface area contributed by atoms with Crippen LogP contribution in [0.15, 0.2) is 49.1 Å². The lowest BCUT2D eigenvalue weighted by Crippen LogP contribution is -2.59. The molecule has 4 amide bonds. The van der Waals surface area contributed by atoms with Gasteiger partial charge in [-0.1, -0.05) is 43.2 Å². The van der Waals surface area contributed by atoms with Gasteiger partial charge in [0.15, 0.2) is 0 Å². The number of hydrogen-bond acceptors (Lipinski definition) is 11. The number of nitrogens with zero attached hydrogens (tertiary/aromatic N) is 2.